The Morgan fingerprint density at radius 2 is 1.91 bits per heavy atom. The van der Waals surface area contributed by atoms with E-state index in [-0.39, 0.29) is 12.0 Å². The third kappa shape index (κ3) is 4.19. The molecule has 0 aliphatic heterocycles. The molecule has 0 atom stereocenters. The molecule has 23 heavy (non-hydrogen) atoms. The summed E-state index contributed by atoms with van der Waals surface area (Å²) in [7, 11) is 0. The van der Waals surface area contributed by atoms with Crippen LogP contribution in [-0.4, -0.2) is 17.0 Å². The quantitative estimate of drug-likeness (QED) is 0.914. The lowest BCUT2D eigenvalue weighted by Gasteiger charge is -2.14. The number of amides is 1. The van der Waals surface area contributed by atoms with E-state index in [9.17, 15) is 4.79 Å². The van der Waals surface area contributed by atoms with Crippen LogP contribution in [0.2, 0.25) is 0 Å². The van der Waals surface area contributed by atoms with Gasteiger partial charge in [-0.25, -0.2) is 4.98 Å². The fourth-order valence-corrected chi connectivity index (χ4v) is 2.68. The molecule has 118 valence electrons. The molecule has 2 aromatic rings. The molecule has 4 heteroatoms. The van der Waals surface area contributed by atoms with Gasteiger partial charge in [0.05, 0.1) is 0 Å². The van der Waals surface area contributed by atoms with Gasteiger partial charge in [0, 0.05) is 12.4 Å². The van der Waals surface area contributed by atoms with Gasteiger partial charge < -0.3 is 10.1 Å². The summed E-state index contributed by atoms with van der Waals surface area (Å²) < 4.78 is 5.90. The van der Waals surface area contributed by atoms with Gasteiger partial charge in [0.15, 0.2) is 0 Å². The van der Waals surface area contributed by atoms with E-state index in [4.69, 9.17) is 4.74 Å². The van der Waals surface area contributed by atoms with E-state index in [1.165, 1.54) is 12.8 Å². The highest BCUT2D eigenvalue weighted by molar-refractivity contribution is 5.97. The summed E-state index contributed by atoms with van der Waals surface area (Å²) in [5.74, 6) is 0.211. The lowest BCUT2D eigenvalue weighted by Crippen LogP contribution is -2.20. The smallest absolute Gasteiger partial charge is 0.260 e. The number of ether oxygens (including phenoxy) is 1. The summed E-state index contributed by atoms with van der Waals surface area (Å²) in [5, 5.41) is 2.77. The molecule has 0 bridgehead atoms. The zero-order chi connectivity index (χ0) is 15.9. The first kappa shape index (κ1) is 15.3. The van der Waals surface area contributed by atoms with Crippen molar-refractivity contribution in [1.82, 2.24) is 10.3 Å². The van der Waals surface area contributed by atoms with Crippen molar-refractivity contribution in [2.45, 2.75) is 31.8 Å². The molecule has 4 nitrogen and oxygen atoms in total. The van der Waals surface area contributed by atoms with E-state index in [1.807, 2.05) is 36.4 Å². The van der Waals surface area contributed by atoms with Gasteiger partial charge in [-0.3, -0.25) is 4.79 Å². The first-order chi connectivity index (χ1) is 11.3. The number of hydrogen-bond acceptors (Lipinski definition) is 3. The second-order valence-electron chi connectivity index (χ2n) is 5.60. The van der Waals surface area contributed by atoms with Crippen molar-refractivity contribution >= 4 is 12.0 Å². The summed E-state index contributed by atoms with van der Waals surface area (Å²) in [6, 6.07) is 13.3. The Morgan fingerprint density at radius 3 is 2.70 bits per heavy atom. The maximum atomic E-state index is 12.3. The van der Waals surface area contributed by atoms with Gasteiger partial charge in [-0.1, -0.05) is 30.3 Å². The Labute approximate surface area is 136 Å². The van der Waals surface area contributed by atoms with E-state index in [1.54, 1.807) is 24.5 Å². The molecule has 1 heterocycles. The minimum absolute atomic E-state index is 0.177. The first-order valence-electron chi connectivity index (χ1n) is 7.97. The Balaban J connectivity index is 1.66. The van der Waals surface area contributed by atoms with Crippen LogP contribution in [0.1, 0.15) is 41.6 Å². The summed E-state index contributed by atoms with van der Waals surface area (Å²) in [5.41, 5.74) is 1.50. The Morgan fingerprint density at radius 1 is 1.13 bits per heavy atom. The number of pyridine rings is 1. The largest absolute Gasteiger partial charge is 0.474 e. The van der Waals surface area contributed by atoms with Gasteiger partial charge in [0.2, 0.25) is 5.88 Å². The van der Waals surface area contributed by atoms with Crippen LogP contribution in [0, 0.1) is 0 Å². The van der Waals surface area contributed by atoms with Crippen LogP contribution in [0.15, 0.2) is 54.9 Å². The van der Waals surface area contributed by atoms with Crippen molar-refractivity contribution < 1.29 is 9.53 Å². The zero-order valence-corrected chi connectivity index (χ0v) is 12.9. The molecule has 1 aromatic heterocycles. The van der Waals surface area contributed by atoms with Crippen molar-refractivity contribution in [2.75, 3.05) is 0 Å². The van der Waals surface area contributed by atoms with Gasteiger partial charge in [-0.2, -0.15) is 0 Å². The highest BCUT2D eigenvalue weighted by Gasteiger charge is 2.20. The van der Waals surface area contributed by atoms with Gasteiger partial charge in [0.1, 0.15) is 11.7 Å². The second-order valence-corrected chi connectivity index (χ2v) is 5.60. The monoisotopic (exact) mass is 308 g/mol. The number of benzene rings is 1. The van der Waals surface area contributed by atoms with Crippen LogP contribution in [0.5, 0.6) is 5.88 Å². The van der Waals surface area contributed by atoms with Crippen molar-refractivity contribution in [3.63, 3.8) is 0 Å². The van der Waals surface area contributed by atoms with E-state index < -0.39 is 0 Å². The SMILES string of the molecule is O=C(NC=Cc1ccccc1)c1cccnc1OC1CCCC1. The summed E-state index contributed by atoms with van der Waals surface area (Å²) >= 11 is 0. The standard InChI is InChI=1S/C19H20N2O2/c22-18(20-14-12-15-7-2-1-3-8-15)17-11-6-13-21-19(17)23-16-9-4-5-10-16/h1-3,6-8,11-14,16H,4-5,9-10H2,(H,20,22). The van der Waals surface area contributed by atoms with Gasteiger partial charge in [-0.05, 0) is 49.5 Å². The fraction of sp³-hybridized carbons (Fsp3) is 0.263. The third-order valence-electron chi connectivity index (χ3n) is 3.89. The topological polar surface area (TPSA) is 51.2 Å². The fourth-order valence-electron chi connectivity index (χ4n) is 2.68. The number of nitrogens with zero attached hydrogens (tertiary/aromatic N) is 1. The minimum Gasteiger partial charge on any atom is -0.474 e. The van der Waals surface area contributed by atoms with Crippen molar-refractivity contribution in [3.8, 4) is 5.88 Å². The van der Waals surface area contributed by atoms with E-state index in [0.29, 0.717) is 11.4 Å². The third-order valence-corrected chi connectivity index (χ3v) is 3.89. The Kier molecular flexibility index (Phi) is 5.04. The molecule has 1 amide bonds. The number of carbonyl (C=O) groups is 1. The molecule has 0 unspecified atom stereocenters. The molecular weight excluding hydrogens is 288 g/mol. The minimum atomic E-state index is -0.210. The van der Waals surface area contributed by atoms with E-state index in [2.05, 4.69) is 10.3 Å². The number of nitrogens with one attached hydrogen (secondary N) is 1. The summed E-state index contributed by atoms with van der Waals surface area (Å²) in [4.78, 5) is 16.6. The summed E-state index contributed by atoms with van der Waals surface area (Å²) in [6.45, 7) is 0. The predicted octanol–water partition coefficient (Wildman–Crippen LogP) is 3.80. The van der Waals surface area contributed by atoms with Crippen molar-refractivity contribution in [1.29, 1.82) is 0 Å². The lowest BCUT2D eigenvalue weighted by molar-refractivity contribution is 0.0961. The average molecular weight is 308 g/mol. The molecule has 1 aromatic carbocycles. The Hall–Kier alpha value is -2.62. The number of aromatic nitrogens is 1. The van der Waals surface area contributed by atoms with Crippen LogP contribution >= 0.6 is 0 Å². The molecule has 1 aliphatic carbocycles. The number of carbonyl (C=O) groups excluding carboxylic acids is 1. The molecular formula is C19H20N2O2. The second kappa shape index (κ2) is 7.58. The van der Waals surface area contributed by atoms with E-state index in [0.717, 1.165) is 18.4 Å². The highest BCUT2D eigenvalue weighted by atomic mass is 16.5. The van der Waals surface area contributed by atoms with Crippen molar-refractivity contribution in [3.05, 3.63) is 66.0 Å². The molecule has 3 rings (SSSR count). The van der Waals surface area contributed by atoms with Gasteiger partial charge in [0.25, 0.3) is 5.91 Å². The van der Waals surface area contributed by atoms with Crippen LogP contribution in [0.3, 0.4) is 0 Å². The average Bonchev–Trinajstić information content (AvgIpc) is 3.09. The molecule has 0 spiro atoms. The van der Waals surface area contributed by atoms with Crippen LogP contribution in [0.4, 0.5) is 0 Å². The number of hydrogen-bond donors (Lipinski definition) is 1. The van der Waals surface area contributed by atoms with Crippen LogP contribution in [0.25, 0.3) is 6.08 Å². The first-order valence-corrected chi connectivity index (χ1v) is 7.97. The van der Waals surface area contributed by atoms with Gasteiger partial charge >= 0.3 is 0 Å². The maximum Gasteiger partial charge on any atom is 0.260 e. The van der Waals surface area contributed by atoms with E-state index >= 15 is 0 Å². The zero-order valence-electron chi connectivity index (χ0n) is 12.9. The predicted molar refractivity (Wildman–Crippen MR) is 90.1 cm³/mol. The lowest BCUT2D eigenvalue weighted by atomic mass is 10.2. The molecule has 0 saturated heterocycles. The molecule has 1 aliphatic rings. The normalized spacial score (nSPS) is 15.0. The van der Waals surface area contributed by atoms with Crippen LogP contribution < -0.4 is 10.1 Å². The number of rotatable bonds is 5. The molecule has 1 saturated carbocycles. The Bertz CT molecular complexity index is 677. The highest BCUT2D eigenvalue weighted by Crippen LogP contribution is 2.24. The van der Waals surface area contributed by atoms with Crippen LogP contribution in [-0.2, 0) is 0 Å². The summed E-state index contributed by atoms with van der Waals surface area (Å²) in [6.07, 6.45) is 9.75. The maximum absolute atomic E-state index is 12.3. The molecule has 1 fully saturated rings. The van der Waals surface area contributed by atoms with Crippen molar-refractivity contribution in [2.24, 2.45) is 0 Å². The molecule has 0 radical (unpaired) electrons. The van der Waals surface area contributed by atoms with Gasteiger partial charge in [-0.15, -0.1) is 0 Å². The molecule has 1 N–H and O–H groups in total.